The Balaban J connectivity index is 2.86. The summed E-state index contributed by atoms with van der Waals surface area (Å²) >= 11 is 2.96. The molecule has 0 saturated heterocycles. The van der Waals surface area contributed by atoms with Crippen LogP contribution >= 0.6 is 15.9 Å². The summed E-state index contributed by atoms with van der Waals surface area (Å²) in [6.07, 6.45) is 0. The Morgan fingerprint density at radius 1 is 1.38 bits per heavy atom. The van der Waals surface area contributed by atoms with Crippen LogP contribution in [0.1, 0.15) is 0 Å². The minimum atomic E-state index is -3.62. The largest absolute Gasteiger partial charge is 0.318 e. The summed E-state index contributed by atoms with van der Waals surface area (Å²) < 4.78 is 39.0. The molecule has 0 radical (unpaired) electrons. The number of nitrogens with one attached hydrogen (secondary N) is 2. The predicted molar refractivity (Wildman–Crippen MR) is 63.2 cm³/mol. The van der Waals surface area contributed by atoms with Crippen molar-refractivity contribution >= 4 is 26.0 Å². The van der Waals surface area contributed by atoms with Gasteiger partial charge < -0.3 is 5.32 Å². The molecule has 0 bridgehead atoms. The zero-order valence-electron chi connectivity index (χ0n) is 8.63. The highest BCUT2D eigenvalue weighted by Gasteiger charge is 2.14. The fourth-order valence-electron chi connectivity index (χ4n) is 1.04. The second-order valence-corrected chi connectivity index (χ2v) is 5.70. The van der Waals surface area contributed by atoms with Crippen molar-refractivity contribution in [1.29, 1.82) is 0 Å². The molecule has 0 fully saturated rings. The van der Waals surface area contributed by atoms with E-state index < -0.39 is 15.8 Å². The number of likely N-dealkylation sites (N-methyl/N-ethyl adjacent to an activating group) is 1. The SMILES string of the molecule is CNCCNS(=O)(=O)c1ccc(Br)c(F)c1. The molecular formula is C9H12BrFN2O2S. The van der Waals surface area contributed by atoms with Gasteiger partial charge in [-0.05, 0) is 41.2 Å². The van der Waals surface area contributed by atoms with Gasteiger partial charge in [0.1, 0.15) is 5.82 Å². The van der Waals surface area contributed by atoms with Crippen molar-refractivity contribution < 1.29 is 12.8 Å². The molecule has 0 heterocycles. The van der Waals surface area contributed by atoms with E-state index in [1.54, 1.807) is 7.05 Å². The molecule has 0 amide bonds. The first-order valence-electron chi connectivity index (χ1n) is 4.56. The second-order valence-electron chi connectivity index (χ2n) is 3.08. The van der Waals surface area contributed by atoms with Crippen LogP contribution in [0.2, 0.25) is 0 Å². The number of halogens is 2. The highest BCUT2D eigenvalue weighted by atomic mass is 79.9. The fourth-order valence-corrected chi connectivity index (χ4v) is 2.33. The van der Waals surface area contributed by atoms with Crippen molar-refractivity contribution in [2.75, 3.05) is 20.1 Å². The van der Waals surface area contributed by atoms with E-state index in [0.717, 1.165) is 6.07 Å². The second kappa shape index (κ2) is 5.72. The summed E-state index contributed by atoms with van der Waals surface area (Å²) in [5.74, 6) is -0.600. The summed E-state index contributed by atoms with van der Waals surface area (Å²) in [6.45, 7) is 0.773. The highest BCUT2D eigenvalue weighted by molar-refractivity contribution is 9.10. The van der Waals surface area contributed by atoms with E-state index in [9.17, 15) is 12.8 Å². The van der Waals surface area contributed by atoms with Gasteiger partial charge in [0, 0.05) is 13.1 Å². The van der Waals surface area contributed by atoms with E-state index >= 15 is 0 Å². The number of benzene rings is 1. The minimum absolute atomic E-state index is 0.0793. The van der Waals surface area contributed by atoms with Crippen LogP contribution in [0.3, 0.4) is 0 Å². The zero-order chi connectivity index (χ0) is 12.2. The predicted octanol–water partition coefficient (Wildman–Crippen LogP) is 1.09. The summed E-state index contributed by atoms with van der Waals surface area (Å²) in [4.78, 5) is -0.0793. The molecule has 1 aromatic rings. The summed E-state index contributed by atoms with van der Waals surface area (Å²) in [7, 11) is -1.91. The van der Waals surface area contributed by atoms with Crippen molar-refractivity contribution in [3.8, 4) is 0 Å². The van der Waals surface area contributed by atoms with Crippen LogP contribution in [0.15, 0.2) is 27.6 Å². The van der Waals surface area contributed by atoms with E-state index in [-0.39, 0.29) is 15.9 Å². The molecule has 0 aliphatic heterocycles. The summed E-state index contributed by atoms with van der Waals surface area (Å²) in [5, 5.41) is 2.80. The molecule has 0 spiro atoms. The number of hydrogen-bond donors (Lipinski definition) is 2. The average molecular weight is 311 g/mol. The lowest BCUT2D eigenvalue weighted by Gasteiger charge is -2.06. The highest BCUT2D eigenvalue weighted by Crippen LogP contribution is 2.18. The van der Waals surface area contributed by atoms with Crippen LogP contribution in [0.4, 0.5) is 4.39 Å². The van der Waals surface area contributed by atoms with Gasteiger partial charge in [-0.25, -0.2) is 17.5 Å². The maximum atomic E-state index is 13.1. The molecule has 0 aromatic heterocycles. The summed E-state index contributed by atoms with van der Waals surface area (Å²) in [6, 6.07) is 3.68. The van der Waals surface area contributed by atoms with Gasteiger partial charge in [0.15, 0.2) is 0 Å². The maximum Gasteiger partial charge on any atom is 0.240 e. The Labute approximate surface area is 102 Å². The molecule has 0 unspecified atom stereocenters. The monoisotopic (exact) mass is 310 g/mol. The lowest BCUT2D eigenvalue weighted by atomic mass is 10.3. The number of rotatable bonds is 5. The first kappa shape index (κ1) is 13.6. The van der Waals surface area contributed by atoms with Crippen molar-refractivity contribution in [3.63, 3.8) is 0 Å². The standard InChI is InChI=1S/C9H12BrFN2O2S/c1-12-4-5-13-16(14,15)7-2-3-8(10)9(11)6-7/h2-3,6,12-13H,4-5H2,1H3. The Hall–Kier alpha value is -0.500. The van der Waals surface area contributed by atoms with Gasteiger partial charge in [-0.2, -0.15) is 0 Å². The van der Waals surface area contributed by atoms with E-state index in [0.29, 0.717) is 6.54 Å². The molecule has 0 aliphatic carbocycles. The van der Waals surface area contributed by atoms with Crippen LogP contribution in [-0.4, -0.2) is 28.6 Å². The normalized spacial score (nSPS) is 11.7. The van der Waals surface area contributed by atoms with Crippen LogP contribution in [-0.2, 0) is 10.0 Å². The molecule has 90 valence electrons. The molecule has 16 heavy (non-hydrogen) atoms. The van der Waals surface area contributed by atoms with Crippen LogP contribution in [0, 0.1) is 5.82 Å². The molecule has 2 N–H and O–H groups in total. The molecule has 0 aliphatic rings. The van der Waals surface area contributed by atoms with E-state index in [2.05, 4.69) is 26.0 Å². The Morgan fingerprint density at radius 2 is 2.06 bits per heavy atom. The molecule has 1 aromatic carbocycles. The Kier molecular flexibility index (Phi) is 4.85. The summed E-state index contributed by atoms with van der Waals surface area (Å²) in [5.41, 5.74) is 0. The van der Waals surface area contributed by atoms with Crippen LogP contribution < -0.4 is 10.0 Å². The van der Waals surface area contributed by atoms with Crippen molar-refractivity contribution in [2.45, 2.75) is 4.90 Å². The molecular weight excluding hydrogens is 299 g/mol. The molecule has 4 nitrogen and oxygen atoms in total. The lowest BCUT2D eigenvalue weighted by Crippen LogP contribution is -2.30. The van der Waals surface area contributed by atoms with Gasteiger partial charge in [-0.3, -0.25) is 0 Å². The van der Waals surface area contributed by atoms with Gasteiger partial charge in [-0.1, -0.05) is 0 Å². The van der Waals surface area contributed by atoms with Crippen LogP contribution in [0.25, 0.3) is 0 Å². The van der Waals surface area contributed by atoms with E-state index in [1.807, 2.05) is 0 Å². The van der Waals surface area contributed by atoms with E-state index in [4.69, 9.17) is 0 Å². The van der Waals surface area contributed by atoms with Gasteiger partial charge in [-0.15, -0.1) is 0 Å². The number of hydrogen-bond acceptors (Lipinski definition) is 3. The Morgan fingerprint density at radius 3 is 2.62 bits per heavy atom. The maximum absolute atomic E-state index is 13.1. The Bertz CT molecular complexity index is 465. The first-order chi connectivity index (χ1) is 7.47. The third-order valence-corrected chi connectivity index (χ3v) is 3.97. The smallest absolute Gasteiger partial charge is 0.240 e. The quantitative estimate of drug-likeness (QED) is 0.800. The zero-order valence-corrected chi connectivity index (χ0v) is 11.0. The third kappa shape index (κ3) is 3.51. The topological polar surface area (TPSA) is 58.2 Å². The van der Waals surface area contributed by atoms with Gasteiger partial charge in [0.05, 0.1) is 9.37 Å². The van der Waals surface area contributed by atoms with Gasteiger partial charge >= 0.3 is 0 Å². The van der Waals surface area contributed by atoms with Crippen LogP contribution in [0.5, 0.6) is 0 Å². The van der Waals surface area contributed by atoms with Crippen molar-refractivity contribution in [2.24, 2.45) is 0 Å². The van der Waals surface area contributed by atoms with Gasteiger partial charge in [0.2, 0.25) is 10.0 Å². The average Bonchev–Trinajstić information content (AvgIpc) is 2.22. The van der Waals surface area contributed by atoms with Gasteiger partial charge in [0.25, 0.3) is 0 Å². The van der Waals surface area contributed by atoms with E-state index in [1.165, 1.54) is 12.1 Å². The molecule has 0 atom stereocenters. The van der Waals surface area contributed by atoms with Crippen molar-refractivity contribution in [3.05, 3.63) is 28.5 Å². The fraction of sp³-hybridized carbons (Fsp3) is 0.333. The molecule has 1 rings (SSSR count). The lowest BCUT2D eigenvalue weighted by molar-refractivity contribution is 0.575. The minimum Gasteiger partial charge on any atom is -0.318 e. The van der Waals surface area contributed by atoms with Crippen molar-refractivity contribution in [1.82, 2.24) is 10.0 Å². The number of sulfonamides is 1. The molecule has 0 saturated carbocycles. The molecule has 7 heteroatoms. The third-order valence-electron chi connectivity index (χ3n) is 1.87. The first-order valence-corrected chi connectivity index (χ1v) is 6.84.